The number of hydrogen-bond donors (Lipinski definition) is 3. The summed E-state index contributed by atoms with van der Waals surface area (Å²) in [6.45, 7) is 2.34. The lowest BCUT2D eigenvalue weighted by Gasteiger charge is -2.12. The van der Waals surface area contributed by atoms with Crippen molar-refractivity contribution in [2.45, 2.75) is 19.6 Å². The number of benzene rings is 1. The first-order valence-corrected chi connectivity index (χ1v) is 7.23. The highest BCUT2D eigenvalue weighted by molar-refractivity contribution is 7.11. The molecule has 0 aliphatic heterocycles. The zero-order valence-electron chi connectivity index (χ0n) is 11.5. The average Bonchev–Trinajstić information content (AvgIpc) is 2.89. The summed E-state index contributed by atoms with van der Waals surface area (Å²) < 4.78 is 12.8. The van der Waals surface area contributed by atoms with E-state index in [1.807, 2.05) is 6.92 Å². The SMILES string of the molecule is Cc1ncc(CNC(=O)NCC(O)c2ccc(F)cc2)s1. The van der Waals surface area contributed by atoms with Gasteiger partial charge in [-0.15, -0.1) is 11.3 Å². The molecule has 1 aromatic carbocycles. The molecule has 2 rings (SSSR count). The van der Waals surface area contributed by atoms with Crippen molar-refractivity contribution in [2.24, 2.45) is 0 Å². The van der Waals surface area contributed by atoms with Crippen molar-refractivity contribution in [1.29, 1.82) is 0 Å². The lowest BCUT2D eigenvalue weighted by molar-refractivity contribution is 0.173. The van der Waals surface area contributed by atoms with Crippen LogP contribution in [0.4, 0.5) is 9.18 Å². The van der Waals surface area contributed by atoms with Crippen molar-refractivity contribution in [3.05, 3.63) is 51.7 Å². The van der Waals surface area contributed by atoms with Gasteiger partial charge in [0.15, 0.2) is 0 Å². The van der Waals surface area contributed by atoms with Crippen LogP contribution in [0.5, 0.6) is 0 Å². The molecule has 0 saturated carbocycles. The minimum Gasteiger partial charge on any atom is -0.387 e. The Labute approximate surface area is 125 Å². The van der Waals surface area contributed by atoms with E-state index >= 15 is 0 Å². The van der Waals surface area contributed by atoms with Gasteiger partial charge in [-0.1, -0.05) is 12.1 Å². The van der Waals surface area contributed by atoms with Crippen molar-refractivity contribution in [1.82, 2.24) is 15.6 Å². The van der Waals surface area contributed by atoms with Crippen molar-refractivity contribution in [2.75, 3.05) is 6.54 Å². The van der Waals surface area contributed by atoms with E-state index in [1.54, 1.807) is 6.20 Å². The fourth-order valence-electron chi connectivity index (χ4n) is 1.71. The minimum atomic E-state index is -0.873. The molecule has 0 radical (unpaired) electrons. The van der Waals surface area contributed by atoms with E-state index in [-0.39, 0.29) is 18.4 Å². The number of aliphatic hydroxyl groups excluding tert-OH is 1. The van der Waals surface area contributed by atoms with Gasteiger partial charge in [0, 0.05) is 17.6 Å². The monoisotopic (exact) mass is 309 g/mol. The van der Waals surface area contributed by atoms with E-state index in [1.165, 1.54) is 35.6 Å². The smallest absolute Gasteiger partial charge is 0.315 e. The van der Waals surface area contributed by atoms with Crippen LogP contribution in [0.15, 0.2) is 30.5 Å². The Bertz CT molecular complexity index is 601. The molecule has 0 spiro atoms. The Hall–Kier alpha value is -1.99. The number of hydrogen-bond acceptors (Lipinski definition) is 4. The van der Waals surface area contributed by atoms with Crippen LogP contribution in [-0.2, 0) is 6.54 Å². The van der Waals surface area contributed by atoms with Crippen LogP contribution >= 0.6 is 11.3 Å². The Kier molecular flexibility index (Phi) is 5.24. The van der Waals surface area contributed by atoms with Gasteiger partial charge in [0.05, 0.1) is 17.7 Å². The van der Waals surface area contributed by atoms with Gasteiger partial charge in [-0.3, -0.25) is 0 Å². The van der Waals surface area contributed by atoms with Crippen molar-refractivity contribution >= 4 is 17.4 Å². The standard InChI is InChI=1S/C14H16FN3O2S/c1-9-16-6-12(21-9)7-17-14(20)18-8-13(19)10-2-4-11(15)5-3-10/h2-6,13,19H,7-8H2,1H3,(H2,17,18,20). The summed E-state index contributed by atoms with van der Waals surface area (Å²) in [5, 5.41) is 16.1. The Morgan fingerprint density at radius 2 is 2.10 bits per heavy atom. The molecule has 1 atom stereocenters. The van der Waals surface area contributed by atoms with Gasteiger partial charge in [-0.05, 0) is 24.6 Å². The van der Waals surface area contributed by atoms with Gasteiger partial charge < -0.3 is 15.7 Å². The Morgan fingerprint density at radius 1 is 1.38 bits per heavy atom. The molecular weight excluding hydrogens is 293 g/mol. The first-order chi connectivity index (χ1) is 10.0. The number of halogens is 1. The van der Waals surface area contributed by atoms with E-state index in [0.717, 1.165) is 9.88 Å². The summed E-state index contributed by atoms with van der Waals surface area (Å²) in [5.41, 5.74) is 0.551. The highest BCUT2D eigenvalue weighted by Crippen LogP contribution is 2.12. The molecule has 0 fully saturated rings. The summed E-state index contributed by atoms with van der Waals surface area (Å²) in [4.78, 5) is 16.7. The molecule has 7 heteroatoms. The van der Waals surface area contributed by atoms with E-state index in [4.69, 9.17) is 0 Å². The Balaban J connectivity index is 1.74. The normalized spacial score (nSPS) is 12.0. The number of urea groups is 1. The van der Waals surface area contributed by atoms with Crippen LogP contribution in [0, 0.1) is 12.7 Å². The Morgan fingerprint density at radius 3 is 2.71 bits per heavy atom. The predicted molar refractivity (Wildman–Crippen MR) is 78.4 cm³/mol. The number of thiazole rings is 1. The molecule has 0 aliphatic carbocycles. The second kappa shape index (κ2) is 7.14. The zero-order valence-corrected chi connectivity index (χ0v) is 12.3. The molecule has 1 aromatic heterocycles. The maximum Gasteiger partial charge on any atom is 0.315 e. The third-order valence-corrected chi connectivity index (χ3v) is 3.72. The van der Waals surface area contributed by atoms with Crippen LogP contribution < -0.4 is 10.6 Å². The molecule has 21 heavy (non-hydrogen) atoms. The number of nitrogens with one attached hydrogen (secondary N) is 2. The fourth-order valence-corrected chi connectivity index (χ4v) is 2.44. The quantitative estimate of drug-likeness (QED) is 0.792. The molecular formula is C14H16FN3O2S. The number of aliphatic hydroxyl groups is 1. The van der Waals surface area contributed by atoms with Gasteiger partial charge >= 0.3 is 6.03 Å². The van der Waals surface area contributed by atoms with Crippen LogP contribution in [-0.4, -0.2) is 22.7 Å². The minimum absolute atomic E-state index is 0.0547. The molecule has 112 valence electrons. The molecule has 1 heterocycles. The first-order valence-electron chi connectivity index (χ1n) is 6.41. The molecule has 2 amide bonds. The summed E-state index contributed by atoms with van der Waals surface area (Å²) >= 11 is 1.51. The van der Waals surface area contributed by atoms with Gasteiger partial charge in [0.1, 0.15) is 5.82 Å². The third kappa shape index (κ3) is 4.80. The molecule has 0 saturated heterocycles. The average molecular weight is 309 g/mol. The second-order valence-corrected chi connectivity index (χ2v) is 5.80. The number of aryl methyl sites for hydroxylation is 1. The second-order valence-electron chi connectivity index (χ2n) is 4.48. The lowest BCUT2D eigenvalue weighted by atomic mass is 10.1. The first kappa shape index (κ1) is 15.4. The third-order valence-electron chi connectivity index (χ3n) is 2.80. The maximum absolute atomic E-state index is 12.8. The van der Waals surface area contributed by atoms with E-state index in [0.29, 0.717) is 12.1 Å². The number of nitrogens with zero attached hydrogens (tertiary/aromatic N) is 1. The van der Waals surface area contributed by atoms with E-state index in [9.17, 15) is 14.3 Å². The van der Waals surface area contributed by atoms with Gasteiger partial charge in [0.25, 0.3) is 0 Å². The van der Waals surface area contributed by atoms with Crippen LogP contribution in [0.2, 0.25) is 0 Å². The van der Waals surface area contributed by atoms with Gasteiger partial charge in [-0.25, -0.2) is 14.2 Å². The molecule has 0 bridgehead atoms. The number of aromatic nitrogens is 1. The summed E-state index contributed by atoms with van der Waals surface area (Å²) in [6, 6.07) is 5.14. The number of amides is 2. The predicted octanol–water partition coefficient (Wildman–Crippen LogP) is 2.12. The summed E-state index contributed by atoms with van der Waals surface area (Å²) in [6.07, 6.45) is 0.843. The van der Waals surface area contributed by atoms with Crippen LogP contribution in [0.3, 0.4) is 0 Å². The molecule has 2 aromatic rings. The number of carbonyl (C=O) groups is 1. The number of carbonyl (C=O) groups excluding carboxylic acids is 1. The summed E-state index contributed by atoms with van der Waals surface area (Å²) in [7, 11) is 0. The van der Waals surface area contributed by atoms with E-state index < -0.39 is 6.10 Å². The van der Waals surface area contributed by atoms with Crippen LogP contribution in [0.25, 0.3) is 0 Å². The molecule has 1 unspecified atom stereocenters. The van der Waals surface area contributed by atoms with E-state index in [2.05, 4.69) is 15.6 Å². The zero-order chi connectivity index (χ0) is 15.2. The van der Waals surface area contributed by atoms with Crippen molar-refractivity contribution < 1.29 is 14.3 Å². The van der Waals surface area contributed by atoms with Crippen LogP contribution in [0.1, 0.15) is 21.6 Å². The van der Waals surface area contributed by atoms with Gasteiger partial charge in [-0.2, -0.15) is 0 Å². The molecule has 5 nitrogen and oxygen atoms in total. The largest absolute Gasteiger partial charge is 0.387 e. The maximum atomic E-state index is 12.8. The molecule has 3 N–H and O–H groups in total. The van der Waals surface area contributed by atoms with Gasteiger partial charge in [0.2, 0.25) is 0 Å². The fraction of sp³-hybridized carbons (Fsp3) is 0.286. The number of rotatable bonds is 5. The van der Waals surface area contributed by atoms with Crippen molar-refractivity contribution in [3.63, 3.8) is 0 Å². The lowest BCUT2D eigenvalue weighted by Crippen LogP contribution is -2.37. The van der Waals surface area contributed by atoms with Crippen molar-refractivity contribution in [3.8, 4) is 0 Å². The topological polar surface area (TPSA) is 74.2 Å². The molecule has 0 aliphatic rings. The highest BCUT2D eigenvalue weighted by Gasteiger charge is 2.09. The highest BCUT2D eigenvalue weighted by atomic mass is 32.1. The summed E-state index contributed by atoms with van der Waals surface area (Å²) in [5.74, 6) is -0.364.